The monoisotopic (exact) mass is 282 g/mol. The smallest absolute Gasteiger partial charge is 0.228 e. The van der Waals surface area contributed by atoms with Gasteiger partial charge in [-0.1, -0.05) is 24.3 Å². The van der Waals surface area contributed by atoms with E-state index in [1.165, 1.54) is 11.1 Å². The van der Waals surface area contributed by atoms with E-state index in [2.05, 4.69) is 17.4 Å². The summed E-state index contributed by atoms with van der Waals surface area (Å²) in [4.78, 5) is 12.4. The molecule has 0 radical (unpaired) electrons. The zero-order valence-corrected chi connectivity index (χ0v) is 12.4. The van der Waals surface area contributed by atoms with Gasteiger partial charge in [0.2, 0.25) is 5.91 Å². The fourth-order valence-electron chi connectivity index (χ4n) is 2.50. The zero-order valence-electron chi connectivity index (χ0n) is 11.6. The van der Waals surface area contributed by atoms with Gasteiger partial charge in [-0.15, -0.1) is 12.4 Å². The Morgan fingerprint density at radius 1 is 1.42 bits per heavy atom. The Labute approximate surface area is 121 Å². The lowest BCUT2D eigenvalue weighted by Gasteiger charge is -2.30. The van der Waals surface area contributed by atoms with Crippen molar-refractivity contribution in [1.82, 2.24) is 5.32 Å². The molecule has 2 rings (SSSR count). The van der Waals surface area contributed by atoms with Gasteiger partial charge in [-0.2, -0.15) is 0 Å². The van der Waals surface area contributed by atoms with Crippen LogP contribution in [0.1, 0.15) is 43.7 Å². The molecule has 3 nitrogen and oxygen atoms in total. The molecule has 0 saturated carbocycles. The van der Waals surface area contributed by atoms with Gasteiger partial charge in [0.15, 0.2) is 0 Å². The minimum absolute atomic E-state index is 0. The van der Waals surface area contributed by atoms with Crippen LogP contribution in [-0.2, 0) is 11.2 Å². The number of nitrogens with two attached hydrogens (primary N) is 1. The number of fused-ring (bicyclic) bond motifs is 1. The Morgan fingerprint density at radius 2 is 2.11 bits per heavy atom. The normalized spacial score (nSPS) is 18.2. The summed E-state index contributed by atoms with van der Waals surface area (Å²) < 4.78 is 0. The summed E-state index contributed by atoms with van der Waals surface area (Å²) in [7, 11) is 0. The first-order valence-corrected chi connectivity index (χ1v) is 6.63. The summed E-state index contributed by atoms with van der Waals surface area (Å²) in [5.41, 5.74) is 7.84. The second-order valence-corrected chi connectivity index (χ2v) is 5.72. The maximum Gasteiger partial charge on any atom is 0.228 e. The summed E-state index contributed by atoms with van der Waals surface area (Å²) in [6, 6.07) is 8.26. The number of nitrogens with one attached hydrogen (secondary N) is 1. The predicted molar refractivity (Wildman–Crippen MR) is 80.6 cm³/mol. The van der Waals surface area contributed by atoms with Crippen molar-refractivity contribution < 1.29 is 4.79 Å². The van der Waals surface area contributed by atoms with E-state index in [4.69, 9.17) is 5.73 Å². The minimum Gasteiger partial charge on any atom is -0.349 e. The molecule has 1 amide bonds. The van der Waals surface area contributed by atoms with E-state index in [9.17, 15) is 4.79 Å². The van der Waals surface area contributed by atoms with Crippen LogP contribution >= 0.6 is 12.4 Å². The maximum atomic E-state index is 12.4. The van der Waals surface area contributed by atoms with E-state index in [0.717, 1.165) is 19.3 Å². The molecule has 1 unspecified atom stereocenters. The lowest BCUT2D eigenvalue weighted by atomic mass is 9.82. The summed E-state index contributed by atoms with van der Waals surface area (Å²) >= 11 is 0. The predicted octanol–water partition coefficient (Wildman–Crippen LogP) is 2.38. The van der Waals surface area contributed by atoms with Crippen molar-refractivity contribution in [3.05, 3.63) is 35.4 Å². The number of halogens is 1. The molecular formula is C15H23ClN2O. The summed E-state index contributed by atoms with van der Waals surface area (Å²) in [5.74, 6) is 0.0957. The number of benzene rings is 1. The Morgan fingerprint density at radius 3 is 2.79 bits per heavy atom. The number of hydrogen-bond donors (Lipinski definition) is 2. The number of hydrogen-bond acceptors (Lipinski definition) is 2. The first-order chi connectivity index (χ1) is 8.53. The highest BCUT2D eigenvalue weighted by molar-refractivity contribution is 5.85. The van der Waals surface area contributed by atoms with Crippen molar-refractivity contribution in [2.45, 2.75) is 44.6 Å². The fraction of sp³-hybridized carbons (Fsp3) is 0.533. The lowest BCUT2D eigenvalue weighted by molar-refractivity contribution is -0.124. The molecule has 1 aromatic carbocycles. The second kappa shape index (κ2) is 6.40. The van der Waals surface area contributed by atoms with Crippen molar-refractivity contribution in [2.24, 2.45) is 5.73 Å². The molecule has 1 aliphatic carbocycles. The standard InChI is InChI=1S/C15H22N2O.ClH/c1-15(2,10-16)17-14(18)13-9-5-7-11-6-3-4-8-12(11)13;/h3-4,6,8,13H,5,7,9-10,16H2,1-2H3,(H,17,18);1H. The third-order valence-electron chi connectivity index (χ3n) is 3.66. The highest BCUT2D eigenvalue weighted by Gasteiger charge is 2.29. The first kappa shape index (κ1) is 16.0. The van der Waals surface area contributed by atoms with Crippen molar-refractivity contribution in [1.29, 1.82) is 0 Å². The van der Waals surface area contributed by atoms with E-state index < -0.39 is 0 Å². The van der Waals surface area contributed by atoms with Crippen LogP contribution < -0.4 is 11.1 Å². The largest absolute Gasteiger partial charge is 0.349 e. The van der Waals surface area contributed by atoms with E-state index in [1.54, 1.807) is 0 Å². The van der Waals surface area contributed by atoms with Gasteiger partial charge in [0.1, 0.15) is 0 Å². The molecular weight excluding hydrogens is 260 g/mol. The van der Waals surface area contributed by atoms with Crippen molar-refractivity contribution >= 4 is 18.3 Å². The number of rotatable bonds is 3. The molecule has 1 aliphatic rings. The van der Waals surface area contributed by atoms with E-state index in [-0.39, 0.29) is 29.8 Å². The lowest BCUT2D eigenvalue weighted by Crippen LogP contribution is -2.50. The SMILES string of the molecule is CC(C)(CN)NC(=O)C1CCCc2ccccc21.Cl. The van der Waals surface area contributed by atoms with E-state index >= 15 is 0 Å². The molecule has 0 spiro atoms. The molecule has 0 saturated heterocycles. The average molecular weight is 283 g/mol. The Bertz CT molecular complexity index is 446. The van der Waals surface area contributed by atoms with Gasteiger partial charge in [0.05, 0.1) is 5.92 Å². The molecule has 1 atom stereocenters. The number of carbonyl (C=O) groups is 1. The highest BCUT2D eigenvalue weighted by atomic mass is 35.5. The van der Waals surface area contributed by atoms with E-state index in [0.29, 0.717) is 6.54 Å². The van der Waals surface area contributed by atoms with Crippen molar-refractivity contribution in [2.75, 3.05) is 6.54 Å². The van der Waals surface area contributed by atoms with Crippen molar-refractivity contribution in [3.63, 3.8) is 0 Å². The van der Waals surface area contributed by atoms with Crippen molar-refractivity contribution in [3.8, 4) is 0 Å². The molecule has 1 aromatic rings. The Kier molecular flexibility index (Phi) is 5.39. The highest BCUT2D eigenvalue weighted by Crippen LogP contribution is 2.31. The Hall–Kier alpha value is -1.06. The van der Waals surface area contributed by atoms with Crippen LogP contribution in [0.2, 0.25) is 0 Å². The third kappa shape index (κ3) is 3.71. The van der Waals surface area contributed by atoms with Crippen LogP contribution in [0.15, 0.2) is 24.3 Å². The molecule has 106 valence electrons. The van der Waals surface area contributed by atoms with Gasteiger partial charge in [0, 0.05) is 12.1 Å². The molecule has 0 bridgehead atoms. The van der Waals surface area contributed by atoms with Crippen LogP contribution in [0.25, 0.3) is 0 Å². The van der Waals surface area contributed by atoms with Crippen LogP contribution in [0.5, 0.6) is 0 Å². The van der Waals surface area contributed by atoms with Gasteiger partial charge in [0.25, 0.3) is 0 Å². The van der Waals surface area contributed by atoms with Crippen LogP contribution in [0, 0.1) is 0 Å². The number of carbonyl (C=O) groups excluding carboxylic acids is 1. The van der Waals surface area contributed by atoms with Gasteiger partial charge >= 0.3 is 0 Å². The number of amides is 1. The molecule has 4 heteroatoms. The number of aryl methyl sites for hydroxylation is 1. The molecule has 0 aliphatic heterocycles. The van der Waals surface area contributed by atoms with Gasteiger partial charge in [-0.25, -0.2) is 0 Å². The van der Waals surface area contributed by atoms with E-state index in [1.807, 2.05) is 26.0 Å². The minimum atomic E-state index is -0.330. The van der Waals surface area contributed by atoms with Gasteiger partial charge in [-0.3, -0.25) is 4.79 Å². The molecule has 0 fully saturated rings. The molecule has 19 heavy (non-hydrogen) atoms. The van der Waals surface area contributed by atoms with Crippen LogP contribution in [0.4, 0.5) is 0 Å². The summed E-state index contributed by atoms with van der Waals surface area (Å²) in [5, 5.41) is 3.05. The van der Waals surface area contributed by atoms with Crippen LogP contribution in [0.3, 0.4) is 0 Å². The molecule has 0 aromatic heterocycles. The summed E-state index contributed by atoms with van der Waals surface area (Å²) in [6.07, 6.45) is 3.10. The summed E-state index contributed by atoms with van der Waals surface area (Å²) in [6.45, 7) is 4.37. The Balaban J connectivity index is 0.00000180. The average Bonchev–Trinajstić information content (AvgIpc) is 2.37. The first-order valence-electron chi connectivity index (χ1n) is 6.63. The third-order valence-corrected chi connectivity index (χ3v) is 3.66. The zero-order chi connectivity index (χ0) is 13.2. The topological polar surface area (TPSA) is 55.1 Å². The quantitative estimate of drug-likeness (QED) is 0.894. The molecule has 0 heterocycles. The fourth-order valence-corrected chi connectivity index (χ4v) is 2.50. The second-order valence-electron chi connectivity index (χ2n) is 5.72. The van der Waals surface area contributed by atoms with Gasteiger partial charge in [-0.05, 0) is 44.2 Å². The van der Waals surface area contributed by atoms with Gasteiger partial charge < -0.3 is 11.1 Å². The molecule has 3 N–H and O–H groups in total. The maximum absolute atomic E-state index is 12.4. The van der Waals surface area contributed by atoms with Crippen LogP contribution in [-0.4, -0.2) is 18.0 Å².